The predicted octanol–water partition coefficient (Wildman–Crippen LogP) is -3.37. The van der Waals surface area contributed by atoms with Crippen molar-refractivity contribution in [2.24, 2.45) is 5.73 Å². The standard InChI is InChI=1S/C12H23I3N2O2/c1-3-11(16)12(17(18)19)5-4-8-15-9-10(14-2)6-7-13/h10H,3-9,16H2,1-2H3/q-2/b12-11-. The molecule has 2 N–H and O–H groups in total. The molecule has 0 aromatic carbocycles. The van der Waals surface area contributed by atoms with Crippen LogP contribution in [0.2, 0.25) is 0 Å². The zero-order valence-corrected chi connectivity index (χ0v) is 18.0. The second-order valence-corrected chi connectivity index (χ2v) is 11.1. The Morgan fingerprint density at radius 1 is 1.53 bits per heavy atom. The number of alkyl halides is 5. The van der Waals surface area contributed by atoms with Crippen molar-refractivity contribution in [3.63, 3.8) is 0 Å². The summed E-state index contributed by atoms with van der Waals surface area (Å²) in [4.78, 5) is 13.0. The van der Waals surface area contributed by atoms with Crippen molar-refractivity contribution in [2.45, 2.75) is 36.5 Å². The van der Waals surface area contributed by atoms with Gasteiger partial charge in [0.05, 0.1) is 0 Å². The molecular formula is C12H23I3N2O2-2. The summed E-state index contributed by atoms with van der Waals surface area (Å²) in [5, 5.41) is 10.9. The van der Waals surface area contributed by atoms with Gasteiger partial charge in [0.1, 0.15) is 0 Å². The third-order valence-corrected chi connectivity index (χ3v) is 11.0. The fourth-order valence-corrected chi connectivity index (χ4v) is 11.0. The van der Waals surface area contributed by atoms with Crippen LogP contribution in [-0.4, -0.2) is 27.1 Å². The predicted molar refractivity (Wildman–Crippen MR) is 80.7 cm³/mol. The zero-order valence-electron chi connectivity index (χ0n) is 11.5. The van der Waals surface area contributed by atoms with Gasteiger partial charge in [0, 0.05) is 0 Å². The molecule has 0 bridgehead atoms. The van der Waals surface area contributed by atoms with Crippen molar-refractivity contribution in [2.75, 3.05) is 18.2 Å². The molecule has 0 amide bonds. The van der Waals surface area contributed by atoms with E-state index < -0.39 is 0 Å². The van der Waals surface area contributed by atoms with Crippen LogP contribution in [-0.2, 0) is 0 Å². The Hall–Kier alpha value is 1.13. The van der Waals surface area contributed by atoms with E-state index in [9.17, 15) is 10.1 Å². The minimum absolute atomic E-state index is 0.228. The fraction of sp³-hybridized carbons (Fsp3) is 0.833. The first kappa shape index (κ1) is 20.1. The van der Waals surface area contributed by atoms with Gasteiger partial charge in [-0.1, -0.05) is 0 Å². The first-order valence-electron chi connectivity index (χ1n) is 6.26. The molecule has 0 aliphatic rings. The molecule has 0 saturated carbocycles. The van der Waals surface area contributed by atoms with Gasteiger partial charge in [-0.3, -0.25) is 0 Å². The van der Waals surface area contributed by atoms with E-state index in [1.165, 1.54) is 19.7 Å². The molecule has 0 spiro atoms. The Balaban J connectivity index is 3.93. The molecule has 4 nitrogen and oxygen atoms in total. The quantitative estimate of drug-likeness (QED) is 0.0877. The molecule has 0 heterocycles. The molecule has 116 valence electrons. The zero-order chi connectivity index (χ0) is 14.7. The summed E-state index contributed by atoms with van der Waals surface area (Å²) in [5.41, 5.74) is 6.39. The summed E-state index contributed by atoms with van der Waals surface area (Å²) in [7, 11) is 0. The average Bonchev–Trinajstić information content (AvgIpc) is 2.40. The second kappa shape index (κ2) is 12.8. The van der Waals surface area contributed by atoms with Gasteiger partial charge in [-0.05, 0) is 0 Å². The molecule has 1 unspecified atom stereocenters. The molecule has 1 atom stereocenters. The monoisotopic (exact) mass is 608 g/mol. The molecule has 0 aliphatic heterocycles. The summed E-state index contributed by atoms with van der Waals surface area (Å²) in [6.07, 6.45) is 3.42. The van der Waals surface area contributed by atoms with Crippen LogP contribution in [0.25, 0.3) is 0 Å². The molecule has 0 saturated heterocycles. The van der Waals surface area contributed by atoms with E-state index in [1.54, 1.807) is 0 Å². The van der Waals surface area contributed by atoms with Crippen LogP contribution in [0.3, 0.4) is 0 Å². The Bertz CT molecular complexity index is 299. The maximum atomic E-state index is 10.9. The molecule has 19 heavy (non-hydrogen) atoms. The second-order valence-electron chi connectivity index (χ2n) is 4.01. The van der Waals surface area contributed by atoms with E-state index >= 15 is 0 Å². The number of nitrogens with zero attached hydrogens (tertiary/aromatic N) is 1. The number of hydrogen-bond acceptors (Lipinski definition) is 3. The van der Waals surface area contributed by atoms with E-state index in [-0.39, 0.29) is 31.8 Å². The molecule has 0 aromatic rings. The third-order valence-electron chi connectivity index (χ3n) is 2.66. The van der Waals surface area contributed by atoms with Crippen molar-refractivity contribution in [3.8, 4) is 0 Å². The van der Waals surface area contributed by atoms with Crippen molar-refractivity contribution in [1.82, 2.24) is 0 Å². The molecule has 0 rings (SSSR count). The first-order valence-corrected chi connectivity index (χ1v) is 14.2. The Morgan fingerprint density at radius 3 is 2.68 bits per heavy atom. The Kier molecular flexibility index (Phi) is 13.6. The number of nitrogens with two attached hydrogens (primary N) is 1. The van der Waals surface area contributed by atoms with Gasteiger partial charge in [-0.25, -0.2) is 0 Å². The van der Waals surface area contributed by atoms with Crippen LogP contribution in [0.5, 0.6) is 0 Å². The molecule has 7 heteroatoms. The average molecular weight is 608 g/mol. The van der Waals surface area contributed by atoms with E-state index in [0.29, 0.717) is 39.7 Å². The maximum absolute atomic E-state index is 10.9. The van der Waals surface area contributed by atoms with E-state index in [2.05, 4.69) is 27.5 Å². The normalized spacial score (nSPS) is 14.5. The van der Waals surface area contributed by atoms with Crippen molar-refractivity contribution >= 4 is 22.6 Å². The van der Waals surface area contributed by atoms with E-state index in [1.807, 2.05) is 6.92 Å². The molecule has 0 aromatic heterocycles. The molecule has 0 radical (unpaired) electrons. The van der Waals surface area contributed by atoms with Crippen molar-refractivity contribution in [1.29, 1.82) is 0 Å². The third kappa shape index (κ3) is 9.64. The van der Waals surface area contributed by atoms with Gasteiger partial charge >= 0.3 is 152 Å². The molecular weight excluding hydrogens is 585 g/mol. The van der Waals surface area contributed by atoms with Crippen LogP contribution in [0.4, 0.5) is 0 Å². The number of rotatable bonds is 11. The van der Waals surface area contributed by atoms with Gasteiger partial charge in [-0.15, -0.1) is 0 Å². The summed E-state index contributed by atoms with van der Waals surface area (Å²) >= 11 is 3.05. The molecule has 0 aliphatic carbocycles. The minimum atomic E-state index is -0.298. The van der Waals surface area contributed by atoms with E-state index in [0.717, 1.165) is 10.3 Å². The van der Waals surface area contributed by atoms with Crippen molar-refractivity contribution < 1.29 is 47.3 Å². The topological polar surface area (TPSA) is 69.2 Å². The number of nitro groups is 1. The van der Waals surface area contributed by atoms with E-state index in [4.69, 9.17) is 5.73 Å². The number of halogens is 3. The molecule has 0 fully saturated rings. The summed E-state index contributed by atoms with van der Waals surface area (Å²) in [6.45, 7) is 1.87. The number of hydrogen-bond donors (Lipinski definition) is 1. The van der Waals surface area contributed by atoms with Crippen LogP contribution >= 0.6 is 22.6 Å². The first-order chi connectivity index (χ1) is 9.06. The Labute approximate surface area is 150 Å². The fourth-order valence-electron chi connectivity index (χ4n) is 1.46. The van der Waals surface area contributed by atoms with Crippen LogP contribution in [0.15, 0.2) is 11.4 Å². The van der Waals surface area contributed by atoms with Gasteiger partial charge in [0.2, 0.25) is 0 Å². The summed E-state index contributed by atoms with van der Waals surface area (Å²) in [6, 6.07) is 0. The Morgan fingerprint density at radius 2 is 2.21 bits per heavy atom. The van der Waals surface area contributed by atoms with Crippen molar-refractivity contribution in [3.05, 3.63) is 21.5 Å². The summed E-state index contributed by atoms with van der Waals surface area (Å²) < 4.78 is 4.84. The SMILES string of the molecule is CC/C(N)=C(\CCC[I-]CC(CCI)[I-]C)[N+](=O)[O-]. The van der Waals surface area contributed by atoms with Crippen LogP contribution in [0.1, 0.15) is 32.6 Å². The van der Waals surface area contributed by atoms with Gasteiger partial charge < -0.3 is 0 Å². The summed E-state index contributed by atoms with van der Waals surface area (Å²) in [5.74, 6) is 0. The van der Waals surface area contributed by atoms with Crippen LogP contribution in [0, 0.1) is 10.1 Å². The van der Waals surface area contributed by atoms with Gasteiger partial charge in [0.25, 0.3) is 0 Å². The van der Waals surface area contributed by atoms with Crippen LogP contribution < -0.4 is 48.1 Å². The van der Waals surface area contributed by atoms with Gasteiger partial charge in [0.15, 0.2) is 0 Å². The van der Waals surface area contributed by atoms with Gasteiger partial charge in [-0.2, -0.15) is 0 Å². The number of allylic oxidation sites excluding steroid dienone is 2.